The first-order valence-electron chi connectivity index (χ1n) is 4.11. The topological polar surface area (TPSA) is 29.1 Å². The summed E-state index contributed by atoms with van der Waals surface area (Å²) in [6.07, 6.45) is 0. The molecule has 1 aromatic rings. The molecule has 1 rings (SSSR count). The molecule has 0 saturated heterocycles. The summed E-state index contributed by atoms with van der Waals surface area (Å²) < 4.78 is 52.2. The Hall–Kier alpha value is -1.14. The van der Waals surface area contributed by atoms with Crippen LogP contribution in [0.1, 0.15) is 10.4 Å². The maximum Gasteiger partial charge on any atom is 0.182 e. The van der Waals surface area contributed by atoms with Crippen molar-refractivity contribution in [1.29, 1.82) is 0 Å². The van der Waals surface area contributed by atoms with Crippen molar-refractivity contribution in [2.24, 2.45) is 0 Å². The number of rotatable bonds is 3. The molecule has 0 bridgehead atoms. The van der Waals surface area contributed by atoms with Crippen LogP contribution in [0.25, 0.3) is 0 Å². The molecule has 0 fully saturated rings. The first-order chi connectivity index (χ1) is 7.41. The van der Waals surface area contributed by atoms with Crippen LogP contribution in [-0.2, 0) is 0 Å². The third kappa shape index (κ3) is 2.03. The molecule has 0 aromatic heterocycles. The maximum absolute atomic E-state index is 13.2. The van der Waals surface area contributed by atoms with E-state index in [1.54, 1.807) is 0 Å². The van der Waals surface area contributed by atoms with Crippen molar-refractivity contribution in [3.8, 4) is 0 Å². The maximum atomic E-state index is 13.2. The van der Waals surface area contributed by atoms with E-state index in [2.05, 4.69) is 5.32 Å². The van der Waals surface area contributed by atoms with Gasteiger partial charge in [0.05, 0.1) is 12.1 Å². The van der Waals surface area contributed by atoms with E-state index in [0.717, 1.165) is 0 Å². The van der Waals surface area contributed by atoms with Crippen LogP contribution in [-0.4, -0.2) is 19.4 Å². The van der Waals surface area contributed by atoms with Gasteiger partial charge in [0, 0.05) is 0 Å². The number of hydrogen-bond donors (Lipinski definition) is 1. The smallest absolute Gasteiger partial charge is 0.182 e. The monoisotopic (exact) mass is 255 g/mol. The predicted octanol–water partition coefficient (Wildman–Crippen LogP) is 2.30. The molecule has 0 aliphatic carbocycles. The van der Waals surface area contributed by atoms with E-state index in [4.69, 9.17) is 11.6 Å². The molecule has 0 atom stereocenters. The lowest BCUT2D eigenvalue weighted by Crippen LogP contribution is -2.22. The Morgan fingerprint density at radius 1 is 1.12 bits per heavy atom. The number of nitrogens with one attached hydrogen (secondary N) is 1. The van der Waals surface area contributed by atoms with E-state index in [9.17, 15) is 22.4 Å². The molecule has 1 N–H and O–H groups in total. The van der Waals surface area contributed by atoms with Gasteiger partial charge < -0.3 is 5.32 Å². The Labute approximate surface area is 93.2 Å². The minimum Gasteiger partial charge on any atom is -0.313 e. The van der Waals surface area contributed by atoms with Crippen molar-refractivity contribution >= 4 is 17.4 Å². The summed E-state index contributed by atoms with van der Waals surface area (Å²) in [7, 11) is 1.34. The molecule has 0 aliphatic heterocycles. The first kappa shape index (κ1) is 12.9. The number of hydrogen-bond acceptors (Lipinski definition) is 2. The highest BCUT2D eigenvalue weighted by molar-refractivity contribution is 6.31. The van der Waals surface area contributed by atoms with E-state index < -0.39 is 46.2 Å². The number of carbonyl (C=O) groups excluding carboxylic acids is 1. The summed E-state index contributed by atoms with van der Waals surface area (Å²) in [6, 6.07) is 0. The Morgan fingerprint density at radius 3 is 1.94 bits per heavy atom. The minimum atomic E-state index is -1.79. The minimum absolute atomic E-state index is 0.450. The van der Waals surface area contributed by atoms with Gasteiger partial charge >= 0.3 is 0 Å². The Bertz CT molecular complexity index is 421. The summed E-state index contributed by atoms with van der Waals surface area (Å²) in [5, 5.41) is 1.00. The van der Waals surface area contributed by atoms with Crippen LogP contribution in [0.15, 0.2) is 0 Å². The lowest BCUT2D eigenvalue weighted by atomic mass is 10.1. The number of halogens is 5. The second kappa shape index (κ2) is 4.80. The number of benzene rings is 1. The van der Waals surface area contributed by atoms with Crippen LogP contribution in [0.3, 0.4) is 0 Å². The molecule has 0 heterocycles. The van der Waals surface area contributed by atoms with Gasteiger partial charge in [0.15, 0.2) is 29.1 Å². The van der Waals surface area contributed by atoms with Crippen LogP contribution in [0.5, 0.6) is 0 Å². The van der Waals surface area contributed by atoms with Gasteiger partial charge in [-0.2, -0.15) is 0 Å². The van der Waals surface area contributed by atoms with Gasteiger partial charge in [-0.3, -0.25) is 4.79 Å². The van der Waals surface area contributed by atoms with Crippen molar-refractivity contribution in [3.63, 3.8) is 0 Å². The van der Waals surface area contributed by atoms with Crippen LogP contribution in [0, 0.1) is 23.3 Å². The van der Waals surface area contributed by atoms with Gasteiger partial charge in [0.2, 0.25) is 0 Å². The molecule has 1 aromatic carbocycles. The largest absolute Gasteiger partial charge is 0.313 e. The molecule has 0 saturated carbocycles. The number of carbonyl (C=O) groups is 1. The SMILES string of the molecule is CNCC(=O)c1c(F)c(F)c(Cl)c(F)c1F. The van der Waals surface area contributed by atoms with Crippen molar-refractivity contribution in [3.05, 3.63) is 33.9 Å². The van der Waals surface area contributed by atoms with E-state index in [0.29, 0.717) is 0 Å². The molecular weight excluding hydrogens is 250 g/mol. The van der Waals surface area contributed by atoms with Crippen LogP contribution >= 0.6 is 11.6 Å². The average molecular weight is 256 g/mol. The number of likely N-dealkylation sites (N-methyl/N-ethyl adjacent to an activating group) is 1. The van der Waals surface area contributed by atoms with Gasteiger partial charge in [0.1, 0.15) is 5.02 Å². The summed E-state index contributed by atoms with van der Waals surface area (Å²) in [6.45, 7) is -0.450. The fraction of sp³-hybridized carbons (Fsp3) is 0.222. The summed E-state index contributed by atoms with van der Waals surface area (Å²) in [4.78, 5) is 11.2. The molecule has 0 amide bonds. The average Bonchev–Trinajstić information content (AvgIpc) is 2.24. The van der Waals surface area contributed by atoms with Gasteiger partial charge in [-0.15, -0.1) is 0 Å². The molecule has 7 heteroatoms. The molecule has 0 aliphatic rings. The highest BCUT2D eigenvalue weighted by Crippen LogP contribution is 2.27. The lowest BCUT2D eigenvalue weighted by molar-refractivity contribution is 0.0983. The molecule has 88 valence electrons. The molecular formula is C9H6ClF4NO. The quantitative estimate of drug-likeness (QED) is 0.389. The van der Waals surface area contributed by atoms with E-state index in [-0.39, 0.29) is 0 Å². The zero-order valence-corrected chi connectivity index (χ0v) is 8.76. The molecule has 16 heavy (non-hydrogen) atoms. The number of Topliss-reactive ketones (excluding diaryl/α,β-unsaturated/α-hetero) is 1. The normalized spacial score (nSPS) is 10.6. The Balaban J connectivity index is 3.45. The molecule has 0 radical (unpaired) electrons. The van der Waals surface area contributed by atoms with Crippen LogP contribution < -0.4 is 5.32 Å². The van der Waals surface area contributed by atoms with E-state index in [1.165, 1.54) is 7.05 Å². The zero-order valence-electron chi connectivity index (χ0n) is 8.01. The third-order valence-electron chi connectivity index (χ3n) is 1.83. The van der Waals surface area contributed by atoms with Crippen molar-refractivity contribution in [1.82, 2.24) is 5.32 Å². The predicted molar refractivity (Wildman–Crippen MR) is 49.5 cm³/mol. The van der Waals surface area contributed by atoms with Crippen LogP contribution in [0.2, 0.25) is 5.02 Å². The van der Waals surface area contributed by atoms with Gasteiger partial charge in [0.25, 0.3) is 0 Å². The highest BCUT2D eigenvalue weighted by atomic mass is 35.5. The summed E-state index contributed by atoms with van der Waals surface area (Å²) in [5.74, 6) is -8.24. The van der Waals surface area contributed by atoms with Gasteiger partial charge in [-0.25, -0.2) is 17.6 Å². The Morgan fingerprint density at radius 2 is 1.56 bits per heavy atom. The molecule has 2 nitrogen and oxygen atoms in total. The first-order valence-corrected chi connectivity index (χ1v) is 4.48. The standard InChI is InChI=1S/C9H6ClF4NO/c1-15-2-3(16)4-6(11)8(13)5(10)9(14)7(4)12/h15H,2H2,1H3. The zero-order chi connectivity index (χ0) is 12.5. The molecule has 0 spiro atoms. The third-order valence-corrected chi connectivity index (χ3v) is 2.16. The fourth-order valence-corrected chi connectivity index (χ4v) is 1.26. The summed E-state index contributed by atoms with van der Waals surface area (Å²) in [5.41, 5.74) is -1.27. The summed E-state index contributed by atoms with van der Waals surface area (Å²) >= 11 is 4.99. The van der Waals surface area contributed by atoms with E-state index >= 15 is 0 Å². The fourth-order valence-electron chi connectivity index (χ4n) is 1.10. The Kier molecular flexibility index (Phi) is 3.88. The van der Waals surface area contributed by atoms with Gasteiger partial charge in [-0.05, 0) is 7.05 Å². The second-order valence-electron chi connectivity index (χ2n) is 2.90. The van der Waals surface area contributed by atoms with Gasteiger partial charge in [-0.1, -0.05) is 11.6 Å². The lowest BCUT2D eigenvalue weighted by Gasteiger charge is -2.07. The highest BCUT2D eigenvalue weighted by Gasteiger charge is 2.27. The van der Waals surface area contributed by atoms with Crippen molar-refractivity contribution in [2.45, 2.75) is 0 Å². The van der Waals surface area contributed by atoms with Crippen molar-refractivity contribution < 1.29 is 22.4 Å². The number of ketones is 1. The molecule has 0 unspecified atom stereocenters. The second-order valence-corrected chi connectivity index (χ2v) is 3.28. The van der Waals surface area contributed by atoms with Crippen molar-refractivity contribution in [2.75, 3.05) is 13.6 Å². The van der Waals surface area contributed by atoms with Crippen LogP contribution in [0.4, 0.5) is 17.6 Å². The van der Waals surface area contributed by atoms with E-state index in [1.807, 2.05) is 0 Å².